The van der Waals surface area contributed by atoms with E-state index in [0.717, 1.165) is 5.01 Å². The van der Waals surface area contributed by atoms with E-state index in [4.69, 9.17) is 4.74 Å². The number of hydrazine groups is 1. The molecule has 1 rings (SSSR count). The number of carbonyl (C=O) groups is 4. The van der Waals surface area contributed by atoms with Crippen LogP contribution in [-0.2, 0) is 23.9 Å². The van der Waals surface area contributed by atoms with Gasteiger partial charge in [-0.15, -0.1) is 0 Å². The van der Waals surface area contributed by atoms with Crippen molar-refractivity contribution < 1.29 is 23.9 Å². The maximum absolute atomic E-state index is 13.4. The second-order valence-corrected chi connectivity index (χ2v) is 9.23. The third-order valence-corrected chi connectivity index (χ3v) is 5.51. The monoisotopic (exact) mass is 440 g/mol. The molecule has 1 fully saturated rings. The van der Waals surface area contributed by atoms with Crippen molar-refractivity contribution in [2.45, 2.75) is 92.0 Å². The van der Waals surface area contributed by atoms with Crippen LogP contribution in [0.2, 0.25) is 0 Å². The zero-order chi connectivity index (χ0) is 23.9. The van der Waals surface area contributed by atoms with Gasteiger partial charge in [0.05, 0.1) is 6.04 Å². The van der Waals surface area contributed by atoms with Gasteiger partial charge < -0.3 is 15.4 Å². The molecule has 0 saturated carbocycles. The summed E-state index contributed by atoms with van der Waals surface area (Å²) >= 11 is 0. The number of nitrogens with one attached hydrogen (secondary N) is 3. The van der Waals surface area contributed by atoms with E-state index >= 15 is 0 Å². The molecule has 1 aliphatic rings. The number of hydrogen-bond acceptors (Lipinski definition) is 5. The molecule has 0 spiro atoms. The Labute approximate surface area is 186 Å². The first-order chi connectivity index (χ1) is 14.4. The van der Waals surface area contributed by atoms with Crippen molar-refractivity contribution in [3.05, 3.63) is 0 Å². The number of hydrogen-bond donors (Lipinski definition) is 3. The fourth-order valence-electron chi connectivity index (χ4n) is 3.70. The summed E-state index contributed by atoms with van der Waals surface area (Å²) in [5.74, 6) is -1.46. The van der Waals surface area contributed by atoms with Crippen molar-refractivity contribution in [1.29, 1.82) is 0 Å². The van der Waals surface area contributed by atoms with Crippen molar-refractivity contribution in [2.75, 3.05) is 7.05 Å². The molecule has 3 N–H and O–H groups in total. The molecule has 9 heteroatoms. The van der Waals surface area contributed by atoms with Gasteiger partial charge in [0.25, 0.3) is 11.8 Å². The van der Waals surface area contributed by atoms with E-state index in [-0.39, 0.29) is 29.6 Å². The van der Waals surface area contributed by atoms with E-state index in [9.17, 15) is 19.2 Å². The maximum atomic E-state index is 13.4. The van der Waals surface area contributed by atoms with Crippen LogP contribution in [0.1, 0.15) is 67.7 Å². The van der Waals surface area contributed by atoms with Crippen molar-refractivity contribution in [2.24, 2.45) is 17.8 Å². The van der Waals surface area contributed by atoms with E-state index in [1.54, 1.807) is 0 Å². The number of likely N-dealkylation sites (N-methyl/N-ethyl adjacent to an activating group) is 1. The molecule has 0 radical (unpaired) electrons. The van der Waals surface area contributed by atoms with Gasteiger partial charge in [0.15, 0.2) is 6.10 Å². The number of ether oxygens (including phenoxy) is 1. The Hall–Kier alpha value is -2.16. The Morgan fingerprint density at radius 1 is 1.13 bits per heavy atom. The predicted molar refractivity (Wildman–Crippen MR) is 117 cm³/mol. The van der Waals surface area contributed by atoms with Gasteiger partial charge in [-0.2, -0.15) is 0 Å². The third kappa shape index (κ3) is 7.48. The highest BCUT2D eigenvalue weighted by molar-refractivity contribution is 5.93. The normalized spacial score (nSPS) is 22.6. The van der Waals surface area contributed by atoms with Crippen molar-refractivity contribution in [3.63, 3.8) is 0 Å². The van der Waals surface area contributed by atoms with Crippen LogP contribution in [0.4, 0.5) is 0 Å². The minimum atomic E-state index is -1.05. The lowest BCUT2D eigenvalue weighted by molar-refractivity contribution is -0.153. The molecule has 0 bridgehead atoms. The number of rotatable bonds is 10. The second kappa shape index (κ2) is 12.0. The van der Waals surface area contributed by atoms with E-state index in [2.05, 4.69) is 16.1 Å². The standard InChI is InChI=1S/C22H40N4O5/c1-9-14(6)18(24-15(7)27)19-21(29)25-26(16(10-12(2)3)20(28)23-8)22(30)17(31-19)11-13(4)5/h12-14,16-19H,9-11H2,1-8H3,(H,23,28)(H,24,27)(H,25,29)/t14-,16-,17+,18-,19-/m0/s1. The van der Waals surface area contributed by atoms with Crippen LogP contribution < -0.4 is 16.1 Å². The van der Waals surface area contributed by atoms with Gasteiger partial charge >= 0.3 is 0 Å². The van der Waals surface area contributed by atoms with E-state index in [1.807, 2.05) is 41.5 Å². The third-order valence-electron chi connectivity index (χ3n) is 5.51. The smallest absolute Gasteiger partial charge is 0.270 e. The van der Waals surface area contributed by atoms with Gasteiger partial charge in [0.1, 0.15) is 12.1 Å². The van der Waals surface area contributed by atoms with Gasteiger partial charge in [-0.25, -0.2) is 5.01 Å². The van der Waals surface area contributed by atoms with Crippen LogP contribution in [0.3, 0.4) is 0 Å². The summed E-state index contributed by atoms with van der Waals surface area (Å²) in [6.45, 7) is 13.1. The van der Waals surface area contributed by atoms with Crippen LogP contribution in [0, 0.1) is 17.8 Å². The van der Waals surface area contributed by atoms with Gasteiger partial charge in [0.2, 0.25) is 11.8 Å². The SMILES string of the molecule is CC[C@H](C)[C@H](NC(C)=O)[C@@H]1O[C@H](CC(C)C)C(=O)N([C@@H](CC(C)C)C(=O)NC)NC1=O. The molecule has 5 atom stereocenters. The highest BCUT2D eigenvalue weighted by Gasteiger charge is 2.45. The first kappa shape index (κ1) is 26.9. The van der Waals surface area contributed by atoms with Gasteiger partial charge in [-0.1, -0.05) is 48.0 Å². The number of amides is 4. The Morgan fingerprint density at radius 3 is 2.19 bits per heavy atom. The topological polar surface area (TPSA) is 117 Å². The molecule has 178 valence electrons. The Balaban J connectivity index is 3.42. The molecule has 0 aromatic carbocycles. The largest absolute Gasteiger partial charge is 0.357 e. The zero-order valence-corrected chi connectivity index (χ0v) is 20.2. The molecular formula is C22H40N4O5. The van der Waals surface area contributed by atoms with Crippen molar-refractivity contribution in [3.8, 4) is 0 Å². The van der Waals surface area contributed by atoms with E-state index in [0.29, 0.717) is 19.3 Å². The lowest BCUT2D eigenvalue weighted by Gasteiger charge is -2.32. The minimum absolute atomic E-state index is 0.0635. The fraction of sp³-hybridized carbons (Fsp3) is 0.818. The molecule has 0 unspecified atom stereocenters. The van der Waals surface area contributed by atoms with Crippen LogP contribution >= 0.6 is 0 Å². The van der Waals surface area contributed by atoms with Gasteiger partial charge in [0, 0.05) is 14.0 Å². The molecule has 1 heterocycles. The average molecular weight is 441 g/mol. The summed E-state index contributed by atoms with van der Waals surface area (Å²) in [4.78, 5) is 51.1. The van der Waals surface area contributed by atoms with E-state index in [1.165, 1.54) is 14.0 Å². The van der Waals surface area contributed by atoms with Gasteiger partial charge in [-0.05, 0) is 30.6 Å². The highest BCUT2D eigenvalue weighted by atomic mass is 16.5. The molecule has 0 aliphatic carbocycles. The van der Waals surface area contributed by atoms with Crippen molar-refractivity contribution in [1.82, 2.24) is 21.1 Å². The lowest BCUT2D eigenvalue weighted by Crippen LogP contribution is -2.60. The maximum Gasteiger partial charge on any atom is 0.270 e. The number of carbonyl (C=O) groups excluding carboxylic acids is 4. The fourth-order valence-corrected chi connectivity index (χ4v) is 3.70. The molecule has 4 amide bonds. The minimum Gasteiger partial charge on any atom is -0.357 e. The quantitative estimate of drug-likeness (QED) is 0.474. The molecular weight excluding hydrogens is 400 g/mol. The lowest BCUT2D eigenvalue weighted by atomic mass is 9.93. The molecule has 1 saturated heterocycles. The van der Waals surface area contributed by atoms with Crippen LogP contribution in [-0.4, -0.2) is 60.0 Å². The summed E-state index contributed by atoms with van der Waals surface area (Å²) in [6.07, 6.45) is -0.496. The van der Waals surface area contributed by atoms with Crippen molar-refractivity contribution >= 4 is 23.6 Å². The summed E-state index contributed by atoms with van der Waals surface area (Å²) < 4.78 is 6.08. The highest BCUT2D eigenvalue weighted by Crippen LogP contribution is 2.24. The summed E-state index contributed by atoms with van der Waals surface area (Å²) in [6, 6.07) is -1.46. The molecule has 1 aliphatic heterocycles. The van der Waals surface area contributed by atoms with Crippen LogP contribution in [0.5, 0.6) is 0 Å². The Kier molecular flexibility index (Phi) is 10.4. The summed E-state index contributed by atoms with van der Waals surface area (Å²) in [5.41, 5.74) is 2.64. The van der Waals surface area contributed by atoms with Crippen LogP contribution in [0.25, 0.3) is 0 Å². The molecule has 31 heavy (non-hydrogen) atoms. The molecule has 0 aromatic rings. The first-order valence-corrected chi connectivity index (χ1v) is 11.2. The van der Waals surface area contributed by atoms with Gasteiger partial charge in [-0.3, -0.25) is 24.6 Å². The molecule has 9 nitrogen and oxygen atoms in total. The summed E-state index contributed by atoms with van der Waals surface area (Å²) in [7, 11) is 1.50. The summed E-state index contributed by atoms with van der Waals surface area (Å²) in [5, 5.41) is 6.54. The number of nitrogens with zero attached hydrogens (tertiary/aromatic N) is 1. The van der Waals surface area contributed by atoms with E-state index < -0.39 is 36.1 Å². The average Bonchev–Trinajstić information content (AvgIpc) is 2.80. The molecule has 0 aromatic heterocycles. The Bertz CT molecular complexity index is 652. The zero-order valence-electron chi connectivity index (χ0n) is 20.2. The Morgan fingerprint density at radius 2 is 1.74 bits per heavy atom. The van der Waals surface area contributed by atoms with Crippen LogP contribution in [0.15, 0.2) is 0 Å². The second-order valence-electron chi connectivity index (χ2n) is 9.23. The first-order valence-electron chi connectivity index (χ1n) is 11.2. The predicted octanol–water partition coefficient (Wildman–Crippen LogP) is 1.37.